The fourth-order valence-corrected chi connectivity index (χ4v) is 3.31. The van der Waals surface area contributed by atoms with Gasteiger partial charge < -0.3 is 20.1 Å². The second kappa shape index (κ2) is 12.0. The van der Waals surface area contributed by atoms with Crippen molar-refractivity contribution in [1.82, 2.24) is 25.4 Å². The summed E-state index contributed by atoms with van der Waals surface area (Å²) in [4.78, 5) is 9.27. The highest BCUT2D eigenvalue weighted by Crippen LogP contribution is 2.14. The first kappa shape index (κ1) is 23.4. The van der Waals surface area contributed by atoms with Crippen LogP contribution in [-0.2, 0) is 30.7 Å². The van der Waals surface area contributed by atoms with Crippen molar-refractivity contribution in [2.75, 3.05) is 27.3 Å². The van der Waals surface area contributed by atoms with Crippen LogP contribution in [0.15, 0.2) is 29.3 Å². The molecular formula is C20H31IN6O2. The van der Waals surface area contributed by atoms with Gasteiger partial charge in [0.25, 0.3) is 0 Å². The van der Waals surface area contributed by atoms with E-state index >= 15 is 0 Å². The summed E-state index contributed by atoms with van der Waals surface area (Å²) in [7, 11) is 3.35. The maximum absolute atomic E-state index is 5.29. The van der Waals surface area contributed by atoms with Gasteiger partial charge in [0, 0.05) is 32.7 Å². The van der Waals surface area contributed by atoms with Crippen molar-refractivity contribution in [3.05, 3.63) is 41.5 Å². The second-order valence-corrected chi connectivity index (χ2v) is 6.80. The van der Waals surface area contributed by atoms with E-state index in [0.29, 0.717) is 13.2 Å². The third-order valence-corrected chi connectivity index (χ3v) is 4.66. The molecule has 0 aliphatic carbocycles. The van der Waals surface area contributed by atoms with Crippen LogP contribution in [0.25, 0.3) is 0 Å². The van der Waals surface area contributed by atoms with E-state index in [1.54, 1.807) is 14.2 Å². The number of nitrogens with one attached hydrogen (secondary N) is 2. The number of rotatable bonds is 8. The van der Waals surface area contributed by atoms with E-state index < -0.39 is 0 Å². The molecule has 9 heteroatoms. The number of hydrogen-bond acceptors (Lipinski definition) is 5. The minimum atomic E-state index is 0. The lowest BCUT2D eigenvalue weighted by Crippen LogP contribution is -2.47. The first-order valence-corrected chi connectivity index (χ1v) is 9.81. The quantitative estimate of drug-likeness (QED) is 0.319. The van der Waals surface area contributed by atoms with Crippen LogP contribution in [-0.4, -0.2) is 54.1 Å². The Bertz CT molecular complexity index is 795. The lowest BCUT2D eigenvalue weighted by atomic mass is 10.1. The summed E-state index contributed by atoms with van der Waals surface area (Å²) < 4.78 is 12.4. The number of hydrogen-bond donors (Lipinski definition) is 2. The van der Waals surface area contributed by atoms with E-state index in [1.165, 1.54) is 5.56 Å². The Morgan fingerprint density at radius 2 is 2.21 bits per heavy atom. The largest absolute Gasteiger partial charge is 0.497 e. The second-order valence-electron chi connectivity index (χ2n) is 6.80. The molecule has 2 aromatic rings. The lowest BCUT2D eigenvalue weighted by Gasteiger charge is -2.25. The highest BCUT2D eigenvalue weighted by Gasteiger charge is 2.22. The molecule has 1 aliphatic heterocycles. The first-order valence-electron chi connectivity index (χ1n) is 9.81. The highest BCUT2D eigenvalue weighted by molar-refractivity contribution is 14.0. The number of guanidine groups is 1. The molecule has 1 atom stereocenters. The zero-order chi connectivity index (χ0) is 19.8. The predicted molar refractivity (Wildman–Crippen MR) is 124 cm³/mol. The van der Waals surface area contributed by atoms with Crippen LogP contribution in [0.1, 0.15) is 30.6 Å². The van der Waals surface area contributed by atoms with Gasteiger partial charge in [0.2, 0.25) is 0 Å². The number of aryl methyl sites for hydroxylation is 1. The maximum atomic E-state index is 5.29. The molecule has 8 nitrogen and oxygen atoms in total. The lowest BCUT2D eigenvalue weighted by molar-refractivity contribution is 0.177. The van der Waals surface area contributed by atoms with Crippen LogP contribution in [0.3, 0.4) is 0 Å². The molecule has 1 aromatic carbocycles. The summed E-state index contributed by atoms with van der Waals surface area (Å²) in [6.07, 6.45) is 2.77. The van der Waals surface area contributed by atoms with E-state index in [1.807, 2.05) is 16.8 Å². The zero-order valence-electron chi connectivity index (χ0n) is 17.4. The predicted octanol–water partition coefficient (Wildman–Crippen LogP) is 2.16. The van der Waals surface area contributed by atoms with Gasteiger partial charge in [0.1, 0.15) is 18.2 Å². The van der Waals surface area contributed by atoms with E-state index in [2.05, 4.69) is 39.8 Å². The van der Waals surface area contributed by atoms with Gasteiger partial charge in [0.15, 0.2) is 11.8 Å². The van der Waals surface area contributed by atoms with Gasteiger partial charge in [-0.2, -0.15) is 5.10 Å². The number of aromatic nitrogens is 3. The molecule has 1 unspecified atom stereocenters. The fraction of sp³-hybridized carbons (Fsp3) is 0.550. The summed E-state index contributed by atoms with van der Waals surface area (Å²) in [6.45, 7) is 4.84. The third-order valence-electron chi connectivity index (χ3n) is 4.66. The van der Waals surface area contributed by atoms with Crippen LogP contribution in [0.4, 0.5) is 0 Å². The van der Waals surface area contributed by atoms with Crippen LogP contribution in [0, 0.1) is 0 Å². The van der Waals surface area contributed by atoms with Gasteiger partial charge in [-0.05, 0) is 37.5 Å². The maximum Gasteiger partial charge on any atom is 0.191 e. The standard InChI is InChI=1S/C20H30N6O2.HI/c1-4-21-20(22-11-10-15-6-5-7-17(12-15)28-3)23-16-8-9-19-24-18(14-27-2)25-26(19)13-16;/h5-7,12,16H,4,8-11,13-14H2,1-3H3,(H2,21,22,23);1H. The molecule has 0 amide bonds. The van der Waals surface area contributed by atoms with Crippen molar-refractivity contribution in [3.63, 3.8) is 0 Å². The summed E-state index contributed by atoms with van der Waals surface area (Å²) in [5.41, 5.74) is 1.22. The van der Waals surface area contributed by atoms with E-state index in [4.69, 9.17) is 14.5 Å². The summed E-state index contributed by atoms with van der Waals surface area (Å²) in [5.74, 6) is 3.50. The molecule has 0 fully saturated rings. The third kappa shape index (κ3) is 6.84. The van der Waals surface area contributed by atoms with Crippen LogP contribution < -0.4 is 15.4 Å². The smallest absolute Gasteiger partial charge is 0.191 e. The minimum Gasteiger partial charge on any atom is -0.497 e. The molecule has 1 aromatic heterocycles. The Labute approximate surface area is 189 Å². The van der Waals surface area contributed by atoms with Crippen LogP contribution in [0.5, 0.6) is 5.75 Å². The van der Waals surface area contributed by atoms with Crippen molar-refractivity contribution in [3.8, 4) is 5.75 Å². The number of fused-ring (bicyclic) bond motifs is 1. The van der Waals surface area contributed by atoms with E-state index in [-0.39, 0.29) is 30.0 Å². The molecule has 2 N–H and O–H groups in total. The fourth-order valence-electron chi connectivity index (χ4n) is 3.31. The topological polar surface area (TPSA) is 85.6 Å². The first-order chi connectivity index (χ1) is 13.7. The molecule has 29 heavy (non-hydrogen) atoms. The Morgan fingerprint density at radius 3 is 2.97 bits per heavy atom. The Balaban J connectivity index is 0.00000300. The summed E-state index contributed by atoms with van der Waals surface area (Å²) >= 11 is 0. The van der Waals surface area contributed by atoms with Crippen molar-refractivity contribution in [1.29, 1.82) is 0 Å². The van der Waals surface area contributed by atoms with E-state index in [9.17, 15) is 0 Å². The molecule has 0 saturated heterocycles. The molecule has 2 heterocycles. The molecule has 0 saturated carbocycles. The van der Waals surface area contributed by atoms with Crippen molar-refractivity contribution in [2.24, 2.45) is 4.99 Å². The zero-order valence-corrected chi connectivity index (χ0v) is 19.7. The highest BCUT2D eigenvalue weighted by atomic mass is 127. The average Bonchev–Trinajstić information content (AvgIpc) is 3.10. The average molecular weight is 514 g/mol. The van der Waals surface area contributed by atoms with Gasteiger partial charge in [-0.15, -0.1) is 24.0 Å². The molecule has 0 bridgehead atoms. The van der Waals surface area contributed by atoms with Crippen molar-refractivity contribution in [2.45, 2.75) is 45.4 Å². The number of nitrogens with zero attached hydrogens (tertiary/aromatic N) is 4. The van der Waals surface area contributed by atoms with Crippen molar-refractivity contribution >= 4 is 29.9 Å². The number of aliphatic imine (C=N–C) groups is 1. The minimum absolute atomic E-state index is 0. The van der Waals surface area contributed by atoms with Gasteiger partial charge >= 0.3 is 0 Å². The van der Waals surface area contributed by atoms with E-state index in [0.717, 1.165) is 55.7 Å². The molecule has 160 valence electrons. The normalized spacial score (nSPS) is 16.0. The monoisotopic (exact) mass is 514 g/mol. The van der Waals surface area contributed by atoms with Crippen molar-refractivity contribution < 1.29 is 9.47 Å². The number of halogens is 1. The summed E-state index contributed by atoms with van der Waals surface area (Å²) in [5, 5.41) is 11.4. The summed E-state index contributed by atoms with van der Waals surface area (Å²) in [6, 6.07) is 8.40. The van der Waals surface area contributed by atoms with Gasteiger partial charge in [-0.1, -0.05) is 12.1 Å². The molecule has 3 rings (SSSR count). The Morgan fingerprint density at radius 1 is 1.34 bits per heavy atom. The van der Waals surface area contributed by atoms with Crippen LogP contribution in [0.2, 0.25) is 0 Å². The number of benzene rings is 1. The Kier molecular flexibility index (Phi) is 9.65. The van der Waals surface area contributed by atoms with Gasteiger partial charge in [-0.3, -0.25) is 4.99 Å². The number of methoxy groups -OCH3 is 2. The Hall–Kier alpha value is -1.88. The van der Waals surface area contributed by atoms with Crippen LogP contribution >= 0.6 is 24.0 Å². The molecule has 0 spiro atoms. The SMILES string of the molecule is CCNC(=NCCc1cccc(OC)c1)NC1CCc2nc(COC)nn2C1.I. The number of ether oxygens (including phenoxy) is 2. The van der Waals surface area contributed by atoms with Gasteiger partial charge in [0.05, 0.1) is 13.7 Å². The molecular weight excluding hydrogens is 483 g/mol. The van der Waals surface area contributed by atoms with Gasteiger partial charge in [-0.25, -0.2) is 9.67 Å². The molecule has 1 aliphatic rings. The molecule has 0 radical (unpaired) electrons.